The largest absolute Gasteiger partial charge is 0.310 e. The van der Waals surface area contributed by atoms with Gasteiger partial charge in [-0.15, -0.1) is 0 Å². The zero-order valence-corrected chi connectivity index (χ0v) is 37.1. The third-order valence-electron chi connectivity index (χ3n) is 15.4. The molecule has 2 heteroatoms. The van der Waals surface area contributed by atoms with Gasteiger partial charge in [0.05, 0.1) is 22.7 Å². The highest BCUT2D eigenvalue weighted by atomic mass is 15.2. The molecule has 0 aromatic heterocycles. The molecule has 0 spiro atoms. The van der Waals surface area contributed by atoms with Crippen molar-refractivity contribution in [2.75, 3.05) is 9.80 Å². The lowest BCUT2D eigenvalue weighted by molar-refractivity contribution is 0.631. The van der Waals surface area contributed by atoms with Crippen molar-refractivity contribution < 1.29 is 0 Å². The van der Waals surface area contributed by atoms with Crippen LogP contribution < -0.4 is 9.80 Å². The first-order valence-corrected chi connectivity index (χ1v) is 22.4. The molecule has 12 rings (SSSR count). The molecule has 0 radical (unpaired) electrons. The Morgan fingerprint density at radius 3 is 0.839 bits per heavy atom. The Hall–Kier alpha value is -6.64. The number of anilines is 6. The summed E-state index contributed by atoms with van der Waals surface area (Å²) in [6.45, 7) is 19.1. The topological polar surface area (TPSA) is 6.48 Å². The third-order valence-corrected chi connectivity index (χ3v) is 15.4. The zero-order chi connectivity index (χ0) is 42.5. The summed E-state index contributed by atoms with van der Waals surface area (Å²) in [7, 11) is 0. The monoisotopic (exact) mass is 800 g/mol. The first-order valence-electron chi connectivity index (χ1n) is 22.4. The van der Waals surface area contributed by atoms with Gasteiger partial charge in [0.25, 0.3) is 0 Å². The second-order valence-corrected chi connectivity index (χ2v) is 20.2. The van der Waals surface area contributed by atoms with Crippen molar-refractivity contribution in [1.29, 1.82) is 0 Å². The number of nitrogens with zero attached hydrogens (tertiary/aromatic N) is 2. The second kappa shape index (κ2) is 12.5. The lowest BCUT2D eigenvalue weighted by atomic mass is 9.73. The molecule has 0 fully saturated rings. The van der Waals surface area contributed by atoms with Gasteiger partial charge in [0.15, 0.2) is 0 Å². The van der Waals surface area contributed by atoms with E-state index in [2.05, 4.69) is 235 Å². The van der Waals surface area contributed by atoms with E-state index in [1.807, 2.05) is 0 Å². The van der Waals surface area contributed by atoms with Crippen LogP contribution >= 0.6 is 0 Å². The third kappa shape index (κ3) is 4.87. The second-order valence-electron chi connectivity index (χ2n) is 20.2. The van der Waals surface area contributed by atoms with Crippen molar-refractivity contribution in [3.8, 4) is 33.4 Å². The summed E-state index contributed by atoms with van der Waals surface area (Å²) in [6, 6.07) is 64.5. The van der Waals surface area contributed by atoms with E-state index >= 15 is 0 Å². The minimum atomic E-state index is -0.172. The Balaban J connectivity index is 0.902. The smallest absolute Gasteiger partial charge is 0.0502 e. The van der Waals surface area contributed by atoms with Crippen LogP contribution in [0.5, 0.6) is 0 Å². The van der Waals surface area contributed by atoms with Crippen molar-refractivity contribution in [2.24, 2.45) is 0 Å². The summed E-state index contributed by atoms with van der Waals surface area (Å²) < 4.78 is 0. The minimum Gasteiger partial charge on any atom is -0.310 e. The van der Waals surface area contributed by atoms with Gasteiger partial charge in [0, 0.05) is 33.0 Å². The predicted molar refractivity (Wildman–Crippen MR) is 261 cm³/mol. The molecule has 0 unspecified atom stereocenters. The van der Waals surface area contributed by atoms with E-state index in [0.717, 1.165) is 0 Å². The van der Waals surface area contributed by atoms with Crippen molar-refractivity contribution in [3.63, 3.8) is 0 Å². The van der Waals surface area contributed by atoms with Crippen molar-refractivity contribution in [2.45, 2.75) is 77.0 Å². The Morgan fingerprint density at radius 1 is 0.258 bits per heavy atom. The summed E-state index contributed by atoms with van der Waals surface area (Å²) >= 11 is 0. The summed E-state index contributed by atoms with van der Waals surface area (Å²) in [5.74, 6) is 0. The molecule has 2 nitrogen and oxygen atoms in total. The molecule has 62 heavy (non-hydrogen) atoms. The van der Waals surface area contributed by atoms with E-state index in [9.17, 15) is 0 Å². The van der Waals surface area contributed by atoms with Crippen molar-refractivity contribution in [1.82, 2.24) is 0 Å². The standard InChI is InChI=1S/C60H52N2/c1-57(2)45-17-9-13-21-53(45)61(54-22-14-10-18-46(54)57)39-27-31-43-41-29-25-37(33-49(41)59(5,6)51(43)35-39)38-26-30-42-44-32-28-40(36-52(44)60(7,8)50(42)34-38)62-55-23-15-11-19-47(55)58(3,4)48-20-12-16-24-56(48)62/h9-36H,1-8H3. The molecule has 0 bridgehead atoms. The van der Waals surface area contributed by atoms with E-state index in [4.69, 9.17) is 0 Å². The molecular weight excluding hydrogens is 749 g/mol. The molecule has 0 amide bonds. The van der Waals surface area contributed by atoms with Crippen molar-refractivity contribution >= 4 is 34.1 Å². The normalized spacial score (nSPS) is 17.2. The maximum absolute atomic E-state index is 2.49. The first-order chi connectivity index (χ1) is 29.8. The highest BCUT2D eigenvalue weighted by Gasteiger charge is 2.42. The molecule has 8 aromatic carbocycles. The lowest BCUT2D eigenvalue weighted by Gasteiger charge is -2.42. The quantitative estimate of drug-likeness (QED) is 0.176. The van der Waals surface area contributed by atoms with E-state index in [-0.39, 0.29) is 21.7 Å². The fourth-order valence-electron chi connectivity index (χ4n) is 12.0. The summed E-state index contributed by atoms with van der Waals surface area (Å²) in [5, 5.41) is 0. The molecular formula is C60H52N2. The van der Waals surface area contributed by atoms with Gasteiger partial charge in [-0.2, -0.15) is 0 Å². The summed E-state index contributed by atoms with van der Waals surface area (Å²) in [4.78, 5) is 4.97. The molecule has 2 aliphatic heterocycles. The average molecular weight is 801 g/mol. The Labute approximate surface area is 367 Å². The number of hydrogen-bond acceptors (Lipinski definition) is 2. The molecule has 2 heterocycles. The summed E-state index contributed by atoms with van der Waals surface area (Å²) in [6.07, 6.45) is 0. The Morgan fingerprint density at radius 2 is 0.516 bits per heavy atom. The van der Waals surface area contributed by atoms with Crippen LogP contribution in [0.1, 0.15) is 99.9 Å². The lowest BCUT2D eigenvalue weighted by Crippen LogP contribution is -2.30. The van der Waals surface area contributed by atoms with Gasteiger partial charge < -0.3 is 9.80 Å². The minimum absolute atomic E-state index is 0.0879. The molecule has 4 aliphatic rings. The van der Waals surface area contributed by atoms with E-state index in [1.54, 1.807) is 0 Å². The van der Waals surface area contributed by atoms with Crippen LogP contribution in [0.25, 0.3) is 33.4 Å². The molecule has 0 saturated carbocycles. The van der Waals surface area contributed by atoms with Crippen LogP contribution in [-0.4, -0.2) is 0 Å². The molecule has 2 aliphatic carbocycles. The van der Waals surface area contributed by atoms with Gasteiger partial charge in [-0.3, -0.25) is 0 Å². The highest BCUT2D eigenvalue weighted by molar-refractivity contribution is 5.92. The van der Waals surface area contributed by atoms with Gasteiger partial charge in [0.2, 0.25) is 0 Å². The van der Waals surface area contributed by atoms with Gasteiger partial charge in [-0.25, -0.2) is 0 Å². The molecule has 302 valence electrons. The van der Waals surface area contributed by atoms with Crippen LogP contribution in [-0.2, 0) is 21.7 Å². The fourth-order valence-corrected chi connectivity index (χ4v) is 12.0. The number of rotatable bonds is 3. The maximum atomic E-state index is 2.49. The zero-order valence-electron chi connectivity index (χ0n) is 37.1. The molecule has 0 saturated heterocycles. The SMILES string of the molecule is CC1(C)c2cc(-c3ccc4c(c3)C(C)(C)c3cc(N5c6ccccc6C(C)(C)c6ccccc65)ccc3-4)ccc2-c2ccc(N3c4ccccc4C(C)(C)c4ccccc43)cc21. The molecule has 0 N–H and O–H groups in total. The average Bonchev–Trinajstić information content (AvgIpc) is 3.65. The van der Waals surface area contributed by atoms with Gasteiger partial charge in [-0.1, -0.05) is 165 Å². The van der Waals surface area contributed by atoms with Crippen LogP contribution in [0.3, 0.4) is 0 Å². The van der Waals surface area contributed by atoms with Crippen LogP contribution in [0.4, 0.5) is 34.1 Å². The van der Waals surface area contributed by atoms with Crippen LogP contribution in [0.15, 0.2) is 170 Å². The predicted octanol–water partition coefficient (Wildman–Crippen LogP) is 16.2. The van der Waals surface area contributed by atoms with Crippen molar-refractivity contribution in [3.05, 3.63) is 214 Å². The first kappa shape index (κ1) is 37.1. The number of hydrogen-bond donors (Lipinski definition) is 0. The highest BCUT2D eigenvalue weighted by Crippen LogP contribution is 2.57. The van der Waals surface area contributed by atoms with Gasteiger partial charge in [-0.05, 0) is 139 Å². The molecule has 0 atom stereocenters. The van der Waals surface area contributed by atoms with E-state index in [0.29, 0.717) is 0 Å². The Bertz CT molecular complexity index is 2900. The number of para-hydroxylation sites is 4. The van der Waals surface area contributed by atoms with Gasteiger partial charge in [0.1, 0.15) is 0 Å². The summed E-state index contributed by atoms with van der Waals surface area (Å²) in [5.41, 5.74) is 25.8. The van der Waals surface area contributed by atoms with E-state index < -0.39 is 0 Å². The van der Waals surface area contributed by atoms with E-state index in [1.165, 1.54) is 112 Å². The Kier molecular flexibility index (Phi) is 7.48. The van der Waals surface area contributed by atoms with Crippen LogP contribution in [0.2, 0.25) is 0 Å². The number of benzene rings is 8. The van der Waals surface area contributed by atoms with Crippen LogP contribution in [0, 0.1) is 0 Å². The fraction of sp³-hybridized carbons (Fsp3) is 0.200. The molecule has 8 aromatic rings. The maximum Gasteiger partial charge on any atom is 0.0502 e. The number of fused-ring (bicyclic) bond motifs is 10. The van der Waals surface area contributed by atoms with Gasteiger partial charge >= 0.3 is 0 Å².